The average Bonchev–Trinajstić information content (AvgIpc) is 2.38. The zero-order valence-corrected chi connectivity index (χ0v) is 13.2. The van der Waals surface area contributed by atoms with E-state index < -0.39 is 14.9 Å². The van der Waals surface area contributed by atoms with Crippen molar-refractivity contribution in [1.82, 2.24) is 4.31 Å². The van der Waals surface area contributed by atoms with E-state index in [4.69, 9.17) is 0 Å². The molecule has 0 N–H and O–H groups in total. The highest BCUT2D eigenvalue weighted by Crippen LogP contribution is 2.25. The fraction of sp³-hybridized carbons (Fsp3) is 0.462. The molecule has 0 aromatic heterocycles. The number of carbonyl (C=O) groups is 1. The zero-order valence-electron chi connectivity index (χ0n) is 12.4. The number of hydrogen-bond acceptors (Lipinski definition) is 5. The molecule has 1 rings (SSSR count). The van der Waals surface area contributed by atoms with E-state index >= 15 is 0 Å². The van der Waals surface area contributed by atoms with Crippen LogP contribution in [-0.4, -0.2) is 37.5 Å². The Bertz CT molecular complexity index is 665. The summed E-state index contributed by atoms with van der Waals surface area (Å²) in [5.74, 6) is -0.379. The van der Waals surface area contributed by atoms with Crippen LogP contribution in [-0.2, 0) is 21.2 Å². The van der Waals surface area contributed by atoms with E-state index in [9.17, 15) is 23.3 Å². The first-order chi connectivity index (χ1) is 9.57. The van der Waals surface area contributed by atoms with Gasteiger partial charge in [0.1, 0.15) is 5.78 Å². The molecule has 0 amide bonds. The van der Waals surface area contributed by atoms with Crippen molar-refractivity contribution in [2.24, 2.45) is 5.92 Å². The minimum absolute atomic E-state index is 0.0870. The van der Waals surface area contributed by atoms with E-state index in [2.05, 4.69) is 0 Å². The average molecular weight is 314 g/mol. The van der Waals surface area contributed by atoms with E-state index in [1.54, 1.807) is 13.8 Å². The number of nitrogens with zero attached hydrogens (tertiary/aromatic N) is 2. The Morgan fingerprint density at radius 3 is 2.33 bits per heavy atom. The third-order valence-electron chi connectivity index (χ3n) is 3.04. The highest BCUT2D eigenvalue weighted by atomic mass is 32.2. The van der Waals surface area contributed by atoms with Crippen molar-refractivity contribution in [2.75, 3.05) is 14.1 Å². The largest absolute Gasteiger partial charge is 0.299 e. The molecule has 7 nitrogen and oxygen atoms in total. The Morgan fingerprint density at radius 1 is 1.33 bits per heavy atom. The summed E-state index contributed by atoms with van der Waals surface area (Å²) in [6.07, 6.45) is -0.0870. The molecule has 0 saturated heterocycles. The lowest BCUT2D eigenvalue weighted by Crippen LogP contribution is -2.22. The fourth-order valence-corrected chi connectivity index (χ4v) is 2.55. The quantitative estimate of drug-likeness (QED) is 0.587. The molecule has 1 aromatic rings. The molecule has 0 spiro atoms. The lowest BCUT2D eigenvalue weighted by Gasteiger charge is -2.12. The lowest BCUT2D eigenvalue weighted by molar-refractivity contribution is -0.385. The molecule has 0 fully saturated rings. The van der Waals surface area contributed by atoms with Crippen molar-refractivity contribution >= 4 is 21.5 Å². The number of ketones is 1. The van der Waals surface area contributed by atoms with Crippen LogP contribution >= 0.6 is 0 Å². The van der Waals surface area contributed by atoms with Crippen molar-refractivity contribution in [3.8, 4) is 0 Å². The topological polar surface area (TPSA) is 97.6 Å². The molecule has 8 heteroatoms. The monoisotopic (exact) mass is 314 g/mol. The van der Waals surface area contributed by atoms with E-state index in [-0.39, 0.29) is 34.3 Å². The second-order valence-corrected chi connectivity index (χ2v) is 7.28. The van der Waals surface area contributed by atoms with Crippen molar-refractivity contribution in [2.45, 2.75) is 25.2 Å². The number of rotatable bonds is 6. The van der Waals surface area contributed by atoms with Gasteiger partial charge in [-0.2, -0.15) is 0 Å². The number of nitro benzene ring substituents is 1. The van der Waals surface area contributed by atoms with E-state index in [0.29, 0.717) is 0 Å². The zero-order chi connectivity index (χ0) is 16.4. The van der Waals surface area contributed by atoms with Crippen LogP contribution in [0.25, 0.3) is 0 Å². The first-order valence-electron chi connectivity index (χ1n) is 6.30. The lowest BCUT2D eigenvalue weighted by atomic mass is 10.00. The molecule has 0 unspecified atom stereocenters. The maximum Gasteiger partial charge on any atom is 0.274 e. The van der Waals surface area contributed by atoms with Gasteiger partial charge in [0.15, 0.2) is 0 Å². The van der Waals surface area contributed by atoms with Gasteiger partial charge >= 0.3 is 0 Å². The van der Waals surface area contributed by atoms with Crippen molar-refractivity contribution < 1.29 is 18.1 Å². The summed E-state index contributed by atoms with van der Waals surface area (Å²) < 4.78 is 24.9. The number of benzene rings is 1. The van der Waals surface area contributed by atoms with Crippen LogP contribution < -0.4 is 0 Å². The van der Waals surface area contributed by atoms with Crippen LogP contribution in [0.15, 0.2) is 23.1 Å². The van der Waals surface area contributed by atoms with Crippen LogP contribution in [0.2, 0.25) is 0 Å². The SMILES string of the molecule is CC(C)C(=O)Cc1ccc(S(=O)(=O)N(C)C)cc1[N+](=O)[O-]. The summed E-state index contributed by atoms with van der Waals surface area (Å²) in [5, 5.41) is 11.1. The maximum atomic E-state index is 12.0. The van der Waals surface area contributed by atoms with E-state index in [1.807, 2.05) is 0 Å². The van der Waals surface area contributed by atoms with Crippen LogP contribution in [0.3, 0.4) is 0 Å². The molecule has 0 aliphatic heterocycles. The summed E-state index contributed by atoms with van der Waals surface area (Å²) in [6, 6.07) is 3.61. The normalized spacial score (nSPS) is 11.9. The molecule has 0 bridgehead atoms. The van der Waals surface area contributed by atoms with E-state index in [1.165, 1.54) is 26.2 Å². The number of hydrogen-bond donors (Lipinski definition) is 0. The van der Waals surface area contributed by atoms with Gasteiger partial charge in [0.25, 0.3) is 5.69 Å². The Morgan fingerprint density at radius 2 is 1.90 bits per heavy atom. The molecule has 0 atom stereocenters. The molecule has 0 aliphatic rings. The summed E-state index contributed by atoms with van der Waals surface area (Å²) in [4.78, 5) is 22.0. The van der Waals surface area contributed by atoms with Gasteiger partial charge in [-0.1, -0.05) is 19.9 Å². The summed E-state index contributed by atoms with van der Waals surface area (Å²) in [6.45, 7) is 3.41. The second kappa shape index (κ2) is 6.31. The minimum atomic E-state index is -3.75. The number of nitro groups is 1. The second-order valence-electron chi connectivity index (χ2n) is 5.13. The van der Waals surface area contributed by atoms with Gasteiger partial charge in [0.05, 0.1) is 9.82 Å². The number of carbonyl (C=O) groups excluding carboxylic acids is 1. The smallest absolute Gasteiger partial charge is 0.274 e. The highest BCUT2D eigenvalue weighted by molar-refractivity contribution is 7.89. The molecule has 116 valence electrons. The van der Waals surface area contributed by atoms with Gasteiger partial charge in [-0.05, 0) is 6.07 Å². The molecule has 0 heterocycles. The Kier molecular flexibility index (Phi) is 5.19. The first-order valence-corrected chi connectivity index (χ1v) is 7.74. The van der Waals surface area contributed by atoms with Crippen LogP contribution in [0, 0.1) is 16.0 Å². The van der Waals surface area contributed by atoms with Gasteiger partial charge in [0.2, 0.25) is 10.0 Å². The van der Waals surface area contributed by atoms with Gasteiger partial charge in [-0.3, -0.25) is 14.9 Å². The van der Waals surface area contributed by atoms with Gasteiger partial charge in [-0.15, -0.1) is 0 Å². The molecule has 1 aromatic carbocycles. The third-order valence-corrected chi connectivity index (χ3v) is 4.85. The van der Waals surface area contributed by atoms with Crippen molar-refractivity contribution in [3.05, 3.63) is 33.9 Å². The minimum Gasteiger partial charge on any atom is -0.299 e. The van der Waals surface area contributed by atoms with Gasteiger partial charge < -0.3 is 0 Å². The first kappa shape index (κ1) is 17.3. The third kappa shape index (κ3) is 3.85. The predicted octanol–water partition coefficient (Wildman–Crippen LogP) is 1.61. The predicted molar refractivity (Wildman–Crippen MR) is 77.5 cm³/mol. The maximum absolute atomic E-state index is 12.0. The highest BCUT2D eigenvalue weighted by Gasteiger charge is 2.24. The molecule has 0 aliphatic carbocycles. The number of sulfonamides is 1. The molecule has 0 saturated carbocycles. The standard InChI is InChI=1S/C13H18N2O5S/c1-9(2)13(16)7-10-5-6-11(8-12(10)15(17)18)21(19,20)14(3)4/h5-6,8-9H,7H2,1-4H3. The van der Waals surface area contributed by atoms with Crippen molar-refractivity contribution in [1.29, 1.82) is 0 Å². The van der Waals surface area contributed by atoms with Crippen LogP contribution in [0.5, 0.6) is 0 Å². The van der Waals surface area contributed by atoms with Crippen LogP contribution in [0.4, 0.5) is 5.69 Å². The Labute approximate surface area is 123 Å². The van der Waals surface area contributed by atoms with Crippen LogP contribution in [0.1, 0.15) is 19.4 Å². The van der Waals surface area contributed by atoms with E-state index in [0.717, 1.165) is 10.4 Å². The Balaban J connectivity index is 3.33. The van der Waals surface area contributed by atoms with Gasteiger partial charge in [0, 0.05) is 38.1 Å². The summed E-state index contributed by atoms with van der Waals surface area (Å²) in [5.41, 5.74) is -0.136. The Hall–Kier alpha value is -1.80. The fourth-order valence-electron chi connectivity index (χ4n) is 1.63. The number of Topliss-reactive ketones (excluding diaryl/α,β-unsaturated/α-hetero) is 1. The van der Waals surface area contributed by atoms with Crippen molar-refractivity contribution in [3.63, 3.8) is 0 Å². The summed E-state index contributed by atoms with van der Waals surface area (Å²) >= 11 is 0. The summed E-state index contributed by atoms with van der Waals surface area (Å²) in [7, 11) is -1.06. The molecular weight excluding hydrogens is 296 g/mol. The van der Waals surface area contributed by atoms with Gasteiger partial charge in [-0.25, -0.2) is 12.7 Å². The molecular formula is C13H18N2O5S. The molecule has 0 radical (unpaired) electrons. The molecule has 21 heavy (non-hydrogen) atoms.